The van der Waals surface area contributed by atoms with Crippen molar-refractivity contribution in [3.8, 4) is 0 Å². The number of nitrogens with one attached hydrogen (secondary N) is 2. The standard InChI is InChI=1S/C15H23ClN4O2S/c1-17-15(19-12-13-2-4-14(16)5-3-13)18-6-7-20-8-10-23(21,22)11-9-20/h2-5H,6-12H2,1H3,(H2,17,18,19). The average molecular weight is 359 g/mol. The Kier molecular flexibility index (Phi) is 6.68. The van der Waals surface area contributed by atoms with Crippen molar-refractivity contribution >= 4 is 27.4 Å². The van der Waals surface area contributed by atoms with Gasteiger partial charge in [-0.05, 0) is 17.7 Å². The van der Waals surface area contributed by atoms with Crippen LogP contribution in [0, 0.1) is 0 Å². The van der Waals surface area contributed by atoms with Crippen molar-refractivity contribution in [1.82, 2.24) is 15.5 Å². The lowest BCUT2D eigenvalue weighted by Gasteiger charge is -2.26. The van der Waals surface area contributed by atoms with E-state index < -0.39 is 9.84 Å². The highest BCUT2D eigenvalue weighted by molar-refractivity contribution is 7.91. The van der Waals surface area contributed by atoms with Gasteiger partial charge in [0.15, 0.2) is 15.8 Å². The summed E-state index contributed by atoms with van der Waals surface area (Å²) in [5.41, 5.74) is 1.12. The SMILES string of the molecule is CN=C(NCCN1CCS(=O)(=O)CC1)NCc1ccc(Cl)cc1. The van der Waals surface area contributed by atoms with Crippen LogP contribution in [0.5, 0.6) is 0 Å². The fraction of sp³-hybridized carbons (Fsp3) is 0.533. The Labute approximate surface area is 142 Å². The lowest BCUT2D eigenvalue weighted by atomic mass is 10.2. The molecule has 0 unspecified atom stereocenters. The second-order valence-electron chi connectivity index (χ2n) is 5.47. The number of nitrogens with zero attached hydrogens (tertiary/aromatic N) is 2. The molecule has 0 spiro atoms. The second-order valence-corrected chi connectivity index (χ2v) is 8.21. The summed E-state index contributed by atoms with van der Waals surface area (Å²) in [5, 5.41) is 7.20. The van der Waals surface area contributed by atoms with E-state index in [0.29, 0.717) is 19.6 Å². The first-order valence-corrected chi connectivity index (χ1v) is 9.80. The van der Waals surface area contributed by atoms with Crippen molar-refractivity contribution in [2.45, 2.75) is 6.54 Å². The van der Waals surface area contributed by atoms with Crippen LogP contribution in [0.3, 0.4) is 0 Å². The quantitative estimate of drug-likeness (QED) is 0.600. The molecule has 2 N–H and O–H groups in total. The van der Waals surface area contributed by atoms with Crippen molar-refractivity contribution in [2.75, 3.05) is 44.7 Å². The largest absolute Gasteiger partial charge is 0.355 e. The molecule has 8 heteroatoms. The molecule has 1 aromatic rings. The maximum Gasteiger partial charge on any atom is 0.191 e. The van der Waals surface area contributed by atoms with Crippen LogP contribution in [0.4, 0.5) is 0 Å². The van der Waals surface area contributed by atoms with Crippen LogP contribution >= 0.6 is 11.6 Å². The van der Waals surface area contributed by atoms with Crippen LogP contribution in [-0.4, -0.2) is 64.0 Å². The predicted octanol–water partition coefficient (Wildman–Crippen LogP) is 0.735. The highest BCUT2D eigenvalue weighted by Crippen LogP contribution is 2.09. The minimum Gasteiger partial charge on any atom is -0.355 e. The van der Waals surface area contributed by atoms with E-state index in [4.69, 9.17) is 11.6 Å². The number of halogens is 1. The van der Waals surface area contributed by atoms with Crippen LogP contribution in [0.1, 0.15) is 5.56 Å². The molecule has 1 fully saturated rings. The molecule has 0 radical (unpaired) electrons. The predicted molar refractivity (Wildman–Crippen MR) is 94.7 cm³/mol. The normalized spacial score (nSPS) is 18.6. The summed E-state index contributed by atoms with van der Waals surface area (Å²) in [6.07, 6.45) is 0. The monoisotopic (exact) mass is 358 g/mol. The molecule has 6 nitrogen and oxygen atoms in total. The Morgan fingerprint density at radius 1 is 1.22 bits per heavy atom. The first-order valence-electron chi connectivity index (χ1n) is 7.60. The van der Waals surface area contributed by atoms with E-state index in [1.54, 1.807) is 7.05 Å². The van der Waals surface area contributed by atoms with Crippen molar-refractivity contribution in [1.29, 1.82) is 0 Å². The number of benzene rings is 1. The van der Waals surface area contributed by atoms with Gasteiger partial charge in [0, 0.05) is 44.8 Å². The van der Waals surface area contributed by atoms with Crippen molar-refractivity contribution < 1.29 is 8.42 Å². The number of guanidine groups is 1. The van der Waals surface area contributed by atoms with E-state index in [2.05, 4.69) is 20.5 Å². The number of rotatable bonds is 5. The molecule has 128 valence electrons. The maximum absolute atomic E-state index is 11.4. The zero-order valence-electron chi connectivity index (χ0n) is 13.3. The summed E-state index contributed by atoms with van der Waals surface area (Å²) >= 11 is 5.86. The molecular formula is C15H23ClN4O2S. The summed E-state index contributed by atoms with van der Waals surface area (Å²) in [7, 11) is -1.08. The molecule has 1 aromatic carbocycles. The Hall–Kier alpha value is -1.31. The number of sulfone groups is 1. The number of aliphatic imine (C=N–C) groups is 1. The Morgan fingerprint density at radius 2 is 1.87 bits per heavy atom. The van der Waals surface area contributed by atoms with Crippen molar-refractivity contribution in [3.05, 3.63) is 34.9 Å². The minimum atomic E-state index is -2.81. The highest BCUT2D eigenvalue weighted by Gasteiger charge is 2.20. The Bertz CT molecular complexity index is 617. The Morgan fingerprint density at radius 3 is 2.48 bits per heavy atom. The van der Waals surface area contributed by atoms with Gasteiger partial charge in [-0.15, -0.1) is 0 Å². The van der Waals surface area contributed by atoms with Gasteiger partial charge >= 0.3 is 0 Å². The summed E-state index contributed by atoms with van der Waals surface area (Å²) < 4.78 is 22.8. The third kappa shape index (κ3) is 6.37. The van der Waals surface area contributed by atoms with Gasteiger partial charge in [-0.3, -0.25) is 9.89 Å². The summed E-state index contributed by atoms with van der Waals surface area (Å²) in [6.45, 7) is 3.41. The molecule has 0 aliphatic carbocycles. The summed E-state index contributed by atoms with van der Waals surface area (Å²) in [4.78, 5) is 6.33. The fourth-order valence-corrected chi connectivity index (χ4v) is 3.72. The smallest absolute Gasteiger partial charge is 0.191 e. The molecule has 1 heterocycles. The van der Waals surface area contributed by atoms with E-state index in [0.717, 1.165) is 29.6 Å². The molecule has 0 saturated carbocycles. The topological polar surface area (TPSA) is 73.8 Å². The van der Waals surface area contributed by atoms with Gasteiger partial charge in [-0.2, -0.15) is 0 Å². The maximum atomic E-state index is 11.4. The average Bonchev–Trinajstić information content (AvgIpc) is 2.53. The molecule has 0 amide bonds. The van der Waals surface area contributed by atoms with Crippen LogP contribution in [0.2, 0.25) is 5.02 Å². The van der Waals surface area contributed by atoms with Gasteiger partial charge in [0.25, 0.3) is 0 Å². The second kappa shape index (κ2) is 8.52. The van der Waals surface area contributed by atoms with E-state index >= 15 is 0 Å². The lowest BCUT2D eigenvalue weighted by Crippen LogP contribution is -2.45. The molecule has 0 bridgehead atoms. The molecule has 0 aromatic heterocycles. The fourth-order valence-electron chi connectivity index (χ4n) is 2.31. The molecular weight excluding hydrogens is 336 g/mol. The first-order chi connectivity index (χ1) is 11.0. The van der Waals surface area contributed by atoms with Gasteiger partial charge in [0.2, 0.25) is 0 Å². The van der Waals surface area contributed by atoms with Gasteiger partial charge in [0.05, 0.1) is 11.5 Å². The molecule has 1 aliphatic rings. The first kappa shape index (κ1) is 18.0. The molecule has 1 aliphatic heterocycles. The van der Waals surface area contributed by atoms with Crippen LogP contribution in [-0.2, 0) is 16.4 Å². The van der Waals surface area contributed by atoms with Gasteiger partial charge in [-0.1, -0.05) is 23.7 Å². The van der Waals surface area contributed by atoms with Crippen LogP contribution in [0.15, 0.2) is 29.3 Å². The molecule has 23 heavy (non-hydrogen) atoms. The molecule has 1 saturated heterocycles. The van der Waals surface area contributed by atoms with Gasteiger partial charge in [0.1, 0.15) is 0 Å². The number of hydrogen-bond donors (Lipinski definition) is 2. The van der Waals surface area contributed by atoms with Gasteiger partial charge < -0.3 is 10.6 Å². The third-order valence-electron chi connectivity index (χ3n) is 3.75. The van der Waals surface area contributed by atoms with Gasteiger partial charge in [-0.25, -0.2) is 8.42 Å². The Balaban J connectivity index is 1.68. The number of hydrogen-bond acceptors (Lipinski definition) is 4. The third-order valence-corrected chi connectivity index (χ3v) is 5.62. The highest BCUT2D eigenvalue weighted by atomic mass is 35.5. The molecule has 2 rings (SSSR count). The minimum absolute atomic E-state index is 0.260. The van der Waals surface area contributed by atoms with E-state index in [1.807, 2.05) is 24.3 Å². The van der Waals surface area contributed by atoms with E-state index in [-0.39, 0.29) is 11.5 Å². The van der Waals surface area contributed by atoms with Crippen LogP contribution in [0.25, 0.3) is 0 Å². The lowest BCUT2D eigenvalue weighted by molar-refractivity contribution is 0.299. The van der Waals surface area contributed by atoms with Crippen LogP contribution < -0.4 is 10.6 Å². The van der Waals surface area contributed by atoms with Crippen molar-refractivity contribution in [3.63, 3.8) is 0 Å². The molecule has 0 atom stereocenters. The summed E-state index contributed by atoms with van der Waals surface area (Å²) in [6, 6.07) is 7.66. The zero-order chi connectivity index (χ0) is 16.7. The summed E-state index contributed by atoms with van der Waals surface area (Å²) in [5.74, 6) is 1.25. The van der Waals surface area contributed by atoms with E-state index in [1.165, 1.54) is 0 Å². The van der Waals surface area contributed by atoms with E-state index in [9.17, 15) is 8.42 Å². The zero-order valence-corrected chi connectivity index (χ0v) is 14.8. The van der Waals surface area contributed by atoms with Crippen molar-refractivity contribution in [2.24, 2.45) is 4.99 Å².